The van der Waals surface area contributed by atoms with Crippen molar-refractivity contribution >= 4 is 34.2 Å². The second-order valence-electron chi connectivity index (χ2n) is 8.97. The van der Waals surface area contributed by atoms with Gasteiger partial charge in [-0.25, -0.2) is 9.18 Å². The number of pyridine rings is 1. The van der Waals surface area contributed by atoms with E-state index in [-0.39, 0.29) is 30.2 Å². The fraction of sp³-hybridized carbons (Fsp3) is 0.370. The minimum atomic E-state index is -0.451. The van der Waals surface area contributed by atoms with Crippen LogP contribution in [0, 0.1) is 17.7 Å². The van der Waals surface area contributed by atoms with Gasteiger partial charge >= 0.3 is 5.97 Å². The molecule has 178 valence electrons. The molecule has 1 heterocycles. The highest BCUT2D eigenvalue weighted by atomic mass is 19.1. The Labute approximate surface area is 198 Å². The van der Waals surface area contributed by atoms with Crippen LogP contribution in [-0.2, 0) is 9.53 Å². The molecule has 1 aromatic heterocycles. The Morgan fingerprint density at radius 1 is 1.15 bits per heavy atom. The minimum Gasteiger partial charge on any atom is -0.462 e. The molecule has 4 rings (SSSR count). The number of rotatable bonds is 6. The van der Waals surface area contributed by atoms with Crippen LogP contribution >= 0.6 is 0 Å². The molecule has 3 N–H and O–H groups in total. The summed E-state index contributed by atoms with van der Waals surface area (Å²) in [5.41, 5.74) is 9.12. The summed E-state index contributed by atoms with van der Waals surface area (Å²) in [4.78, 5) is 29.4. The number of benzene rings is 2. The zero-order chi connectivity index (χ0) is 24.2. The van der Waals surface area contributed by atoms with Gasteiger partial charge in [-0.2, -0.15) is 0 Å². The molecule has 0 aliphatic heterocycles. The van der Waals surface area contributed by atoms with Crippen LogP contribution in [0.4, 0.5) is 15.8 Å². The molecule has 0 bridgehead atoms. The Morgan fingerprint density at radius 2 is 1.91 bits per heavy atom. The molecule has 1 atom stereocenters. The quantitative estimate of drug-likeness (QED) is 0.362. The van der Waals surface area contributed by atoms with Crippen LogP contribution in [-0.4, -0.2) is 23.5 Å². The van der Waals surface area contributed by atoms with Gasteiger partial charge < -0.3 is 15.8 Å². The van der Waals surface area contributed by atoms with Gasteiger partial charge in [0.1, 0.15) is 5.82 Å². The summed E-state index contributed by atoms with van der Waals surface area (Å²) in [6.45, 7) is 3.95. The van der Waals surface area contributed by atoms with Crippen LogP contribution in [0.15, 0.2) is 48.7 Å². The Morgan fingerprint density at radius 3 is 2.65 bits per heavy atom. The number of hydrogen-bond acceptors (Lipinski definition) is 5. The predicted octanol–water partition coefficient (Wildman–Crippen LogP) is 5.68. The number of carbonyl (C=O) groups excluding carboxylic acids is 2. The van der Waals surface area contributed by atoms with Gasteiger partial charge in [-0.15, -0.1) is 0 Å². The SMILES string of the molecule is CCOC(=O)c1ccc(N)c(NC(=O)C(C)C2CCC(c3ccnc4ccc(F)cc34)CC2)c1. The van der Waals surface area contributed by atoms with E-state index in [0.29, 0.717) is 22.9 Å². The molecule has 1 fully saturated rings. The number of carbonyl (C=O) groups is 2. The monoisotopic (exact) mass is 463 g/mol. The van der Waals surface area contributed by atoms with Crippen molar-refractivity contribution in [2.24, 2.45) is 11.8 Å². The van der Waals surface area contributed by atoms with Gasteiger partial charge in [0.15, 0.2) is 0 Å². The Balaban J connectivity index is 1.41. The molecular formula is C27H30FN3O3. The lowest BCUT2D eigenvalue weighted by Gasteiger charge is -2.32. The number of ether oxygens (including phenoxy) is 1. The number of hydrogen-bond donors (Lipinski definition) is 2. The molecule has 1 aliphatic carbocycles. The summed E-state index contributed by atoms with van der Waals surface area (Å²) in [5, 5.41) is 3.77. The first-order valence-electron chi connectivity index (χ1n) is 11.8. The van der Waals surface area contributed by atoms with Crippen LogP contribution in [0.25, 0.3) is 10.9 Å². The molecule has 0 saturated heterocycles. The van der Waals surface area contributed by atoms with Crippen molar-refractivity contribution in [3.05, 3.63) is 65.6 Å². The second-order valence-corrected chi connectivity index (χ2v) is 8.97. The van der Waals surface area contributed by atoms with Gasteiger partial charge in [0.2, 0.25) is 5.91 Å². The maximum atomic E-state index is 13.8. The van der Waals surface area contributed by atoms with E-state index in [1.807, 2.05) is 13.0 Å². The third-order valence-electron chi connectivity index (χ3n) is 6.89. The topological polar surface area (TPSA) is 94.3 Å². The molecule has 34 heavy (non-hydrogen) atoms. The number of fused-ring (bicyclic) bond motifs is 1. The molecule has 1 unspecified atom stereocenters. The number of esters is 1. The fourth-order valence-corrected chi connectivity index (χ4v) is 4.89. The summed E-state index contributed by atoms with van der Waals surface area (Å²) in [7, 11) is 0. The normalized spacial score (nSPS) is 18.9. The van der Waals surface area contributed by atoms with E-state index in [1.54, 1.807) is 43.5 Å². The van der Waals surface area contributed by atoms with Crippen molar-refractivity contribution in [3.63, 3.8) is 0 Å². The van der Waals surface area contributed by atoms with E-state index in [1.165, 1.54) is 6.07 Å². The molecular weight excluding hydrogens is 433 g/mol. The van der Waals surface area contributed by atoms with Crippen molar-refractivity contribution in [3.8, 4) is 0 Å². The maximum Gasteiger partial charge on any atom is 0.338 e. The van der Waals surface area contributed by atoms with Gasteiger partial charge in [-0.1, -0.05) is 6.92 Å². The average molecular weight is 464 g/mol. The third-order valence-corrected chi connectivity index (χ3v) is 6.89. The smallest absolute Gasteiger partial charge is 0.338 e. The number of aromatic nitrogens is 1. The summed E-state index contributed by atoms with van der Waals surface area (Å²) < 4.78 is 18.9. The van der Waals surface area contributed by atoms with Crippen molar-refractivity contribution in [1.82, 2.24) is 4.98 Å². The first kappa shape index (κ1) is 23.7. The standard InChI is InChI=1S/C27H30FN3O3/c1-3-34-27(33)19-8-10-23(29)25(14-19)31-26(32)16(2)17-4-6-18(7-5-17)21-12-13-30-24-11-9-20(28)15-22(21)24/h8-18H,3-7,29H2,1-2H3,(H,31,32). The minimum absolute atomic E-state index is 0.118. The summed E-state index contributed by atoms with van der Waals surface area (Å²) in [6, 6.07) is 11.4. The molecule has 0 spiro atoms. The maximum absolute atomic E-state index is 13.8. The Hall–Kier alpha value is -3.48. The molecule has 1 amide bonds. The second kappa shape index (κ2) is 10.2. The number of nitrogens with two attached hydrogens (primary N) is 1. The van der Waals surface area contributed by atoms with E-state index >= 15 is 0 Å². The van der Waals surface area contributed by atoms with E-state index in [4.69, 9.17) is 10.5 Å². The number of nitrogens with one attached hydrogen (secondary N) is 1. The highest BCUT2D eigenvalue weighted by Crippen LogP contribution is 2.41. The van der Waals surface area contributed by atoms with E-state index < -0.39 is 5.97 Å². The predicted molar refractivity (Wildman–Crippen MR) is 131 cm³/mol. The summed E-state index contributed by atoms with van der Waals surface area (Å²) in [5.74, 6) is -0.489. The summed E-state index contributed by atoms with van der Waals surface area (Å²) >= 11 is 0. The molecule has 1 aliphatic rings. The van der Waals surface area contributed by atoms with Crippen molar-refractivity contribution in [2.45, 2.75) is 45.4 Å². The zero-order valence-corrected chi connectivity index (χ0v) is 19.5. The Bertz CT molecular complexity index is 1200. The Kier molecular flexibility index (Phi) is 7.10. The van der Waals surface area contributed by atoms with E-state index in [9.17, 15) is 14.0 Å². The van der Waals surface area contributed by atoms with E-state index in [0.717, 1.165) is 42.1 Å². The molecule has 0 radical (unpaired) electrons. The number of anilines is 2. The lowest BCUT2D eigenvalue weighted by Crippen LogP contribution is -2.30. The van der Waals surface area contributed by atoms with Crippen LogP contribution in [0.5, 0.6) is 0 Å². The molecule has 6 nitrogen and oxygen atoms in total. The lowest BCUT2D eigenvalue weighted by molar-refractivity contribution is -0.121. The highest BCUT2D eigenvalue weighted by molar-refractivity contribution is 5.98. The van der Waals surface area contributed by atoms with Gasteiger partial charge in [0.05, 0.1) is 29.1 Å². The lowest BCUT2D eigenvalue weighted by atomic mass is 9.73. The largest absolute Gasteiger partial charge is 0.462 e. The molecule has 2 aromatic carbocycles. The number of amides is 1. The zero-order valence-electron chi connectivity index (χ0n) is 19.5. The van der Waals surface area contributed by atoms with Crippen molar-refractivity contribution in [1.29, 1.82) is 0 Å². The number of nitrogens with zero attached hydrogens (tertiary/aromatic N) is 1. The van der Waals surface area contributed by atoms with Crippen LogP contribution in [0.2, 0.25) is 0 Å². The van der Waals surface area contributed by atoms with Crippen molar-refractivity contribution in [2.75, 3.05) is 17.7 Å². The highest BCUT2D eigenvalue weighted by Gasteiger charge is 2.30. The van der Waals surface area contributed by atoms with Gasteiger partial charge in [0.25, 0.3) is 0 Å². The first-order chi connectivity index (χ1) is 16.4. The fourth-order valence-electron chi connectivity index (χ4n) is 4.89. The number of nitrogen functional groups attached to an aromatic ring is 1. The van der Waals surface area contributed by atoms with Gasteiger partial charge in [-0.3, -0.25) is 9.78 Å². The van der Waals surface area contributed by atoms with Gasteiger partial charge in [-0.05, 0) is 92.5 Å². The van der Waals surface area contributed by atoms with Crippen molar-refractivity contribution < 1.29 is 18.7 Å². The van der Waals surface area contributed by atoms with E-state index in [2.05, 4.69) is 10.3 Å². The molecule has 3 aromatic rings. The van der Waals surface area contributed by atoms with Gasteiger partial charge in [0, 0.05) is 17.5 Å². The molecule has 1 saturated carbocycles. The number of halogens is 1. The third kappa shape index (κ3) is 5.03. The van der Waals surface area contributed by atoms with Crippen LogP contribution < -0.4 is 11.1 Å². The molecule has 7 heteroatoms. The van der Waals surface area contributed by atoms with Crippen LogP contribution in [0.3, 0.4) is 0 Å². The van der Waals surface area contributed by atoms with Crippen LogP contribution in [0.1, 0.15) is 61.4 Å². The average Bonchev–Trinajstić information content (AvgIpc) is 2.84. The first-order valence-corrected chi connectivity index (χ1v) is 11.8. The summed E-state index contributed by atoms with van der Waals surface area (Å²) in [6.07, 6.45) is 5.44.